The minimum absolute atomic E-state index is 0.437. The van der Waals surface area contributed by atoms with Gasteiger partial charge in [-0.25, -0.2) is 0 Å². The molecule has 0 heterocycles. The Balaban J connectivity index is 2.53. The number of aliphatic hydroxyl groups is 1. The summed E-state index contributed by atoms with van der Waals surface area (Å²) in [5.74, 6) is 0.528. The number of likely N-dealkylation sites (N-methyl/N-ethyl adjacent to an activating group) is 1. The van der Waals surface area contributed by atoms with Crippen molar-refractivity contribution in [2.24, 2.45) is 0 Å². The Hall–Kier alpha value is -0.900. The highest BCUT2D eigenvalue weighted by molar-refractivity contribution is 5.26. The molecule has 3 nitrogen and oxygen atoms in total. The molecule has 0 saturated heterocycles. The van der Waals surface area contributed by atoms with Crippen molar-refractivity contribution in [1.29, 1.82) is 0 Å². The Kier molecular flexibility index (Phi) is 6.33. The summed E-state index contributed by atoms with van der Waals surface area (Å²) in [5, 5.41) is 10.1. The van der Waals surface area contributed by atoms with Gasteiger partial charge in [-0.3, -0.25) is 0 Å². The van der Waals surface area contributed by atoms with Crippen LogP contribution in [-0.4, -0.2) is 43.9 Å². The van der Waals surface area contributed by atoms with Crippen molar-refractivity contribution in [3.05, 3.63) is 35.4 Å². The fourth-order valence-electron chi connectivity index (χ4n) is 1.84. The maximum absolute atomic E-state index is 10.1. The number of methoxy groups -OCH3 is 1. The van der Waals surface area contributed by atoms with Crippen molar-refractivity contribution in [2.75, 3.05) is 33.9 Å². The summed E-state index contributed by atoms with van der Waals surface area (Å²) < 4.78 is 5.02. The normalized spacial score (nSPS) is 13.3. The van der Waals surface area contributed by atoms with E-state index in [0.29, 0.717) is 19.1 Å². The van der Waals surface area contributed by atoms with Crippen LogP contribution in [0.15, 0.2) is 24.3 Å². The SMILES string of the molecule is COCCN(C)CC(O)c1ccc(C(C)C)cc1. The Morgan fingerprint density at radius 2 is 1.72 bits per heavy atom. The molecule has 0 saturated carbocycles. The summed E-state index contributed by atoms with van der Waals surface area (Å²) in [6, 6.07) is 8.23. The predicted octanol–water partition coefficient (Wildman–Crippen LogP) is 2.42. The van der Waals surface area contributed by atoms with E-state index in [9.17, 15) is 5.11 Å². The van der Waals surface area contributed by atoms with Crippen molar-refractivity contribution < 1.29 is 9.84 Å². The van der Waals surface area contributed by atoms with Crippen LogP contribution in [0, 0.1) is 0 Å². The number of nitrogens with zero attached hydrogens (tertiary/aromatic N) is 1. The molecule has 0 amide bonds. The number of rotatable bonds is 7. The van der Waals surface area contributed by atoms with Gasteiger partial charge < -0.3 is 14.7 Å². The van der Waals surface area contributed by atoms with Crippen LogP contribution in [0.3, 0.4) is 0 Å². The molecule has 0 aliphatic heterocycles. The lowest BCUT2D eigenvalue weighted by Gasteiger charge is -2.20. The first-order chi connectivity index (χ1) is 8.54. The van der Waals surface area contributed by atoms with E-state index in [4.69, 9.17) is 4.74 Å². The molecule has 0 aliphatic rings. The molecule has 0 aliphatic carbocycles. The fraction of sp³-hybridized carbons (Fsp3) is 0.600. The van der Waals surface area contributed by atoms with E-state index in [-0.39, 0.29) is 0 Å². The maximum atomic E-state index is 10.1. The average molecular weight is 251 g/mol. The summed E-state index contributed by atoms with van der Waals surface area (Å²) in [6.45, 7) is 6.49. The zero-order chi connectivity index (χ0) is 13.5. The van der Waals surface area contributed by atoms with Crippen LogP contribution in [0.2, 0.25) is 0 Å². The van der Waals surface area contributed by atoms with Crippen LogP contribution in [0.5, 0.6) is 0 Å². The van der Waals surface area contributed by atoms with Crippen molar-refractivity contribution in [1.82, 2.24) is 4.90 Å². The largest absolute Gasteiger partial charge is 0.387 e. The van der Waals surface area contributed by atoms with Gasteiger partial charge in [0.05, 0.1) is 12.7 Å². The van der Waals surface area contributed by atoms with Gasteiger partial charge in [-0.05, 0) is 24.1 Å². The monoisotopic (exact) mass is 251 g/mol. The molecule has 1 rings (SSSR count). The third-order valence-corrected chi connectivity index (χ3v) is 3.15. The molecule has 1 aromatic rings. The Labute approximate surface area is 110 Å². The summed E-state index contributed by atoms with van der Waals surface area (Å²) >= 11 is 0. The molecular weight excluding hydrogens is 226 g/mol. The Morgan fingerprint density at radius 3 is 2.22 bits per heavy atom. The number of hydrogen-bond acceptors (Lipinski definition) is 3. The van der Waals surface area contributed by atoms with Crippen LogP contribution >= 0.6 is 0 Å². The summed E-state index contributed by atoms with van der Waals surface area (Å²) in [4.78, 5) is 2.07. The minimum atomic E-state index is -0.437. The Morgan fingerprint density at radius 1 is 1.17 bits per heavy atom. The topological polar surface area (TPSA) is 32.7 Å². The van der Waals surface area contributed by atoms with E-state index >= 15 is 0 Å². The molecule has 1 N–H and O–H groups in total. The second-order valence-electron chi connectivity index (χ2n) is 5.09. The Bertz CT molecular complexity index is 335. The second kappa shape index (κ2) is 7.52. The lowest BCUT2D eigenvalue weighted by Crippen LogP contribution is -2.27. The van der Waals surface area contributed by atoms with Crippen molar-refractivity contribution in [2.45, 2.75) is 25.9 Å². The van der Waals surface area contributed by atoms with Crippen LogP contribution in [0.4, 0.5) is 0 Å². The quantitative estimate of drug-likeness (QED) is 0.808. The highest BCUT2D eigenvalue weighted by Gasteiger charge is 2.10. The molecule has 1 aromatic carbocycles. The maximum Gasteiger partial charge on any atom is 0.0916 e. The number of aliphatic hydroxyl groups excluding tert-OH is 1. The van der Waals surface area contributed by atoms with E-state index in [0.717, 1.165) is 12.1 Å². The second-order valence-corrected chi connectivity index (χ2v) is 5.09. The number of ether oxygens (including phenoxy) is 1. The molecule has 0 spiro atoms. The van der Waals surface area contributed by atoms with Crippen LogP contribution in [-0.2, 0) is 4.74 Å². The van der Waals surface area contributed by atoms with Crippen LogP contribution in [0.25, 0.3) is 0 Å². The number of hydrogen-bond donors (Lipinski definition) is 1. The molecule has 102 valence electrons. The molecule has 0 fully saturated rings. The number of benzene rings is 1. The van der Waals surface area contributed by atoms with Gasteiger partial charge in [0.1, 0.15) is 0 Å². The standard InChI is InChI=1S/C15H25NO2/c1-12(2)13-5-7-14(8-6-13)15(17)11-16(3)9-10-18-4/h5-8,12,15,17H,9-11H2,1-4H3. The van der Waals surface area contributed by atoms with Crippen molar-refractivity contribution in [3.8, 4) is 0 Å². The zero-order valence-electron chi connectivity index (χ0n) is 11.9. The summed E-state index contributed by atoms with van der Waals surface area (Å²) in [5.41, 5.74) is 2.28. The van der Waals surface area contributed by atoms with Gasteiger partial charge >= 0.3 is 0 Å². The fourth-order valence-corrected chi connectivity index (χ4v) is 1.84. The lowest BCUT2D eigenvalue weighted by molar-refractivity contribution is 0.103. The zero-order valence-corrected chi connectivity index (χ0v) is 11.9. The molecule has 0 bridgehead atoms. The summed E-state index contributed by atoms with van der Waals surface area (Å²) in [6.07, 6.45) is -0.437. The molecule has 1 unspecified atom stereocenters. The average Bonchev–Trinajstić information content (AvgIpc) is 2.36. The molecule has 1 atom stereocenters. The third kappa shape index (κ3) is 4.77. The van der Waals surface area contributed by atoms with Crippen molar-refractivity contribution in [3.63, 3.8) is 0 Å². The van der Waals surface area contributed by atoms with Crippen molar-refractivity contribution >= 4 is 0 Å². The van der Waals surface area contributed by atoms with Gasteiger partial charge in [0.25, 0.3) is 0 Å². The smallest absolute Gasteiger partial charge is 0.0916 e. The van der Waals surface area contributed by atoms with E-state index in [1.807, 2.05) is 19.2 Å². The molecule has 18 heavy (non-hydrogen) atoms. The van der Waals surface area contributed by atoms with E-state index in [1.165, 1.54) is 5.56 Å². The van der Waals surface area contributed by atoms with E-state index in [1.54, 1.807) is 7.11 Å². The van der Waals surface area contributed by atoms with Gasteiger partial charge in [0.15, 0.2) is 0 Å². The van der Waals surface area contributed by atoms with Gasteiger partial charge in [-0.1, -0.05) is 38.1 Å². The summed E-state index contributed by atoms with van der Waals surface area (Å²) in [7, 11) is 3.68. The van der Waals surface area contributed by atoms with E-state index in [2.05, 4.69) is 30.9 Å². The van der Waals surface area contributed by atoms with Gasteiger partial charge in [0, 0.05) is 20.2 Å². The first kappa shape index (κ1) is 15.2. The van der Waals surface area contributed by atoms with Gasteiger partial charge in [0.2, 0.25) is 0 Å². The van der Waals surface area contributed by atoms with E-state index < -0.39 is 6.10 Å². The highest BCUT2D eigenvalue weighted by atomic mass is 16.5. The molecular formula is C15H25NO2. The predicted molar refractivity (Wildman–Crippen MR) is 74.9 cm³/mol. The first-order valence-corrected chi connectivity index (χ1v) is 6.50. The third-order valence-electron chi connectivity index (χ3n) is 3.15. The first-order valence-electron chi connectivity index (χ1n) is 6.50. The minimum Gasteiger partial charge on any atom is -0.387 e. The molecule has 0 radical (unpaired) electrons. The molecule has 3 heteroatoms. The lowest BCUT2D eigenvalue weighted by atomic mass is 10.00. The van der Waals surface area contributed by atoms with Crippen LogP contribution < -0.4 is 0 Å². The van der Waals surface area contributed by atoms with Gasteiger partial charge in [-0.2, -0.15) is 0 Å². The van der Waals surface area contributed by atoms with Crippen LogP contribution in [0.1, 0.15) is 37.0 Å². The molecule has 0 aromatic heterocycles. The highest BCUT2D eigenvalue weighted by Crippen LogP contribution is 2.19. The van der Waals surface area contributed by atoms with Gasteiger partial charge in [-0.15, -0.1) is 0 Å².